The van der Waals surface area contributed by atoms with Crippen LogP contribution < -0.4 is 9.64 Å². The zero-order valence-electron chi connectivity index (χ0n) is 21.9. The lowest BCUT2D eigenvalue weighted by molar-refractivity contribution is -0.141. The quantitative estimate of drug-likeness (QED) is 0.128. The lowest BCUT2D eigenvalue weighted by Gasteiger charge is -2.18. The summed E-state index contributed by atoms with van der Waals surface area (Å²) in [6, 6.07) is 7.93. The minimum absolute atomic E-state index is 0.205. The predicted octanol–water partition coefficient (Wildman–Crippen LogP) is 8.33. The van der Waals surface area contributed by atoms with Crippen LogP contribution in [0.25, 0.3) is 0 Å². The molecule has 0 aliphatic rings. The average Bonchev–Trinajstić information content (AvgIpc) is 2.81. The summed E-state index contributed by atoms with van der Waals surface area (Å²) >= 11 is 0. The number of likely N-dealkylation sites (N-methyl/N-ethyl adjacent to an activating group) is 1. The number of nitrogens with zero attached hydrogens (tertiary/aromatic N) is 1. The van der Waals surface area contributed by atoms with Crippen molar-refractivity contribution in [2.24, 2.45) is 0 Å². The number of benzene rings is 1. The highest BCUT2D eigenvalue weighted by molar-refractivity contribution is 5.75. The second kappa shape index (κ2) is 20.9. The first-order valence-electron chi connectivity index (χ1n) is 13.8. The third kappa shape index (κ3) is 16.5. The van der Waals surface area contributed by atoms with Crippen molar-refractivity contribution < 1.29 is 14.3 Å². The van der Waals surface area contributed by atoms with Gasteiger partial charge >= 0.3 is 5.97 Å². The van der Waals surface area contributed by atoms with Crippen molar-refractivity contribution in [2.75, 3.05) is 31.7 Å². The number of carbonyl (C=O) groups is 1. The highest BCUT2D eigenvalue weighted by Crippen LogP contribution is 2.19. The van der Waals surface area contributed by atoms with Gasteiger partial charge in [-0.25, -0.2) is 0 Å². The van der Waals surface area contributed by atoms with Crippen molar-refractivity contribution in [3.05, 3.63) is 24.3 Å². The normalized spacial score (nSPS) is 10.9. The first kappa shape index (κ1) is 29.3. The monoisotopic (exact) mass is 461 g/mol. The van der Waals surface area contributed by atoms with Crippen LogP contribution in [0.3, 0.4) is 0 Å². The van der Waals surface area contributed by atoms with Crippen molar-refractivity contribution >= 4 is 11.7 Å². The maximum absolute atomic E-state index is 11.6. The third-order valence-corrected chi connectivity index (χ3v) is 6.22. The molecule has 0 atom stereocenters. The molecule has 1 aromatic carbocycles. The van der Waals surface area contributed by atoms with E-state index >= 15 is 0 Å². The van der Waals surface area contributed by atoms with Gasteiger partial charge < -0.3 is 14.4 Å². The Morgan fingerprint density at radius 1 is 0.697 bits per heavy atom. The summed E-state index contributed by atoms with van der Waals surface area (Å²) in [6.07, 6.45) is 22.1. The molecule has 4 nitrogen and oxygen atoms in total. The molecule has 0 saturated heterocycles. The summed E-state index contributed by atoms with van der Waals surface area (Å²) in [5.74, 6) is 0.688. The molecule has 0 aliphatic heterocycles. The Labute approximate surface area is 204 Å². The molecule has 0 saturated carbocycles. The van der Waals surface area contributed by atoms with E-state index in [2.05, 4.69) is 6.92 Å². The second-order valence-electron chi connectivity index (χ2n) is 9.31. The van der Waals surface area contributed by atoms with Crippen LogP contribution in [0.5, 0.6) is 5.75 Å². The SMILES string of the molecule is CCCCCCCCCCCCCCCCCCOc1ccc(N(C)CC(=O)OCC)cc1. The lowest BCUT2D eigenvalue weighted by Crippen LogP contribution is -2.26. The Morgan fingerprint density at radius 2 is 1.15 bits per heavy atom. The fraction of sp³-hybridized carbons (Fsp3) is 0.759. The van der Waals surface area contributed by atoms with E-state index in [9.17, 15) is 4.79 Å². The van der Waals surface area contributed by atoms with Crippen molar-refractivity contribution in [1.29, 1.82) is 0 Å². The highest BCUT2D eigenvalue weighted by atomic mass is 16.5. The number of hydrogen-bond donors (Lipinski definition) is 0. The van der Waals surface area contributed by atoms with Crippen LogP contribution in [0.15, 0.2) is 24.3 Å². The van der Waals surface area contributed by atoms with Gasteiger partial charge in [0.1, 0.15) is 12.3 Å². The molecule has 190 valence electrons. The summed E-state index contributed by atoms with van der Waals surface area (Å²) in [5.41, 5.74) is 0.984. The van der Waals surface area contributed by atoms with Gasteiger partial charge in [0.25, 0.3) is 0 Å². The fourth-order valence-electron chi connectivity index (χ4n) is 4.13. The Hall–Kier alpha value is -1.71. The van der Waals surface area contributed by atoms with E-state index < -0.39 is 0 Å². The number of unbranched alkanes of at least 4 members (excludes halogenated alkanes) is 15. The van der Waals surface area contributed by atoms with Gasteiger partial charge in [-0.15, -0.1) is 0 Å². The standard InChI is InChI=1S/C29H51NO3/c1-4-6-7-8-9-10-11-12-13-14-15-16-17-18-19-20-25-33-28-23-21-27(22-24-28)30(3)26-29(31)32-5-2/h21-24H,4-20,25-26H2,1-3H3. The zero-order chi connectivity index (χ0) is 24.0. The van der Waals surface area contributed by atoms with E-state index in [-0.39, 0.29) is 12.5 Å². The Balaban J connectivity index is 1.91. The minimum atomic E-state index is -0.205. The topological polar surface area (TPSA) is 38.8 Å². The van der Waals surface area contributed by atoms with Gasteiger partial charge in [-0.05, 0) is 37.6 Å². The highest BCUT2D eigenvalue weighted by Gasteiger charge is 2.08. The molecule has 0 heterocycles. The van der Waals surface area contributed by atoms with Gasteiger partial charge in [0.2, 0.25) is 0 Å². The number of carbonyl (C=O) groups excluding carboxylic acids is 1. The van der Waals surface area contributed by atoms with E-state index in [4.69, 9.17) is 9.47 Å². The van der Waals surface area contributed by atoms with Crippen molar-refractivity contribution in [3.8, 4) is 5.75 Å². The first-order valence-corrected chi connectivity index (χ1v) is 13.8. The van der Waals surface area contributed by atoms with Crippen LogP contribution in [-0.2, 0) is 9.53 Å². The van der Waals surface area contributed by atoms with Crippen LogP contribution in [-0.4, -0.2) is 32.8 Å². The molecule has 0 N–H and O–H groups in total. The molecule has 0 spiro atoms. The van der Waals surface area contributed by atoms with E-state index in [1.165, 1.54) is 96.3 Å². The molecule has 0 fully saturated rings. The Bertz CT molecular complexity index is 573. The summed E-state index contributed by atoms with van der Waals surface area (Å²) in [4.78, 5) is 13.5. The van der Waals surface area contributed by atoms with Crippen molar-refractivity contribution in [1.82, 2.24) is 0 Å². The van der Waals surface area contributed by atoms with Gasteiger partial charge in [0, 0.05) is 12.7 Å². The van der Waals surface area contributed by atoms with Gasteiger partial charge in [-0.2, -0.15) is 0 Å². The number of ether oxygens (including phenoxy) is 2. The number of esters is 1. The number of anilines is 1. The number of rotatable bonds is 22. The molecule has 1 aromatic rings. The molecule has 1 rings (SSSR count). The minimum Gasteiger partial charge on any atom is -0.494 e. The van der Waals surface area contributed by atoms with Crippen LogP contribution in [0.4, 0.5) is 5.69 Å². The molecule has 0 radical (unpaired) electrons. The van der Waals surface area contributed by atoms with Gasteiger partial charge in [-0.3, -0.25) is 4.79 Å². The zero-order valence-corrected chi connectivity index (χ0v) is 21.9. The smallest absolute Gasteiger partial charge is 0.325 e. The van der Waals surface area contributed by atoms with Crippen LogP contribution in [0.2, 0.25) is 0 Å². The van der Waals surface area contributed by atoms with E-state index in [0.29, 0.717) is 6.61 Å². The van der Waals surface area contributed by atoms with Crippen LogP contribution >= 0.6 is 0 Å². The molecule has 4 heteroatoms. The number of hydrogen-bond acceptors (Lipinski definition) is 4. The largest absolute Gasteiger partial charge is 0.494 e. The van der Waals surface area contributed by atoms with Gasteiger partial charge in [0.05, 0.1) is 13.2 Å². The lowest BCUT2D eigenvalue weighted by atomic mass is 10.0. The third-order valence-electron chi connectivity index (χ3n) is 6.22. The van der Waals surface area contributed by atoms with Gasteiger partial charge in [-0.1, -0.05) is 103 Å². The molecule has 0 amide bonds. The second-order valence-corrected chi connectivity index (χ2v) is 9.31. The predicted molar refractivity (Wildman–Crippen MR) is 141 cm³/mol. The van der Waals surface area contributed by atoms with Crippen LogP contribution in [0, 0.1) is 0 Å². The van der Waals surface area contributed by atoms with E-state index in [1.54, 1.807) is 0 Å². The first-order chi connectivity index (χ1) is 16.2. The molecule has 33 heavy (non-hydrogen) atoms. The van der Waals surface area contributed by atoms with E-state index in [1.807, 2.05) is 43.1 Å². The summed E-state index contributed by atoms with van der Waals surface area (Å²) < 4.78 is 10.9. The Kier molecular flexibility index (Phi) is 18.5. The van der Waals surface area contributed by atoms with E-state index in [0.717, 1.165) is 24.5 Å². The molecule has 0 aliphatic carbocycles. The fourth-order valence-corrected chi connectivity index (χ4v) is 4.13. The van der Waals surface area contributed by atoms with Crippen molar-refractivity contribution in [2.45, 2.75) is 117 Å². The average molecular weight is 462 g/mol. The van der Waals surface area contributed by atoms with Crippen LogP contribution in [0.1, 0.15) is 117 Å². The summed E-state index contributed by atoms with van der Waals surface area (Å²) in [6.45, 7) is 5.56. The molecule has 0 unspecified atom stereocenters. The van der Waals surface area contributed by atoms with Crippen molar-refractivity contribution in [3.63, 3.8) is 0 Å². The molecular formula is C29H51NO3. The Morgan fingerprint density at radius 3 is 1.61 bits per heavy atom. The molecule has 0 bridgehead atoms. The summed E-state index contributed by atoms with van der Waals surface area (Å²) in [5, 5.41) is 0. The molecular weight excluding hydrogens is 410 g/mol. The molecule has 0 aromatic heterocycles. The van der Waals surface area contributed by atoms with Gasteiger partial charge in [0.15, 0.2) is 0 Å². The maximum atomic E-state index is 11.6. The maximum Gasteiger partial charge on any atom is 0.325 e. The summed E-state index contributed by atoms with van der Waals surface area (Å²) in [7, 11) is 1.89.